The third-order valence-corrected chi connectivity index (χ3v) is 3.89. The van der Waals surface area contributed by atoms with Crippen LogP contribution in [0.5, 0.6) is 0 Å². The van der Waals surface area contributed by atoms with E-state index in [-0.39, 0.29) is 5.56 Å². The molecule has 0 aliphatic carbocycles. The highest BCUT2D eigenvalue weighted by Gasteiger charge is 2.18. The van der Waals surface area contributed by atoms with Crippen LogP contribution < -0.4 is 0 Å². The number of carbonyl (C=O) groups excluding carboxylic acids is 1. The van der Waals surface area contributed by atoms with E-state index in [2.05, 4.69) is 4.18 Å². The van der Waals surface area contributed by atoms with E-state index in [0.717, 1.165) is 12.1 Å². The maximum atomic E-state index is 11.4. The van der Waals surface area contributed by atoms with E-state index < -0.39 is 36.9 Å². The molecule has 0 fully saturated rings. The Bertz CT molecular complexity index is 658. The lowest BCUT2D eigenvalue weighted by Crippen LogP contribution is -2.15. The minimum Gasteiger partial charge on any atom is -0.341 e. The van der Waals surface area contributed by atoms with E-state index in [1.807, 2.05) is 0 Å². The SMILES string of the molecule is CCS(=O)(=O)OC(=O)c1cccc(S(=O)(=O)O)c1. The largest absolute Gasteiger partial charge is 0.353 e. The van der Waals surface area contributed by atoms with Crippen molar-refractivity contribution < 1.29 is 30.4 Å². The zero-order valence-electron chi connectivity index (χ0n) is 9.23. The van der Waals surface area contributed by atoms with Gasteiger partial charge in [-0.3, -0.25) is 4.55 Å². The van der Waals surface area contributed by atoms with E-state index in [0.29, 0.717) is 0 Å². The van der Waals surface area contributed by atoms with Crippen molar-refractivity contribution in [3.8, 4) is 0 Å². The molecule has 0 heterocycles. The summed E-state index contributed by atoms with van der Waals surface area (Å²) in [7, 11) is -8.44. The van der Waals surface area contributed by atoms with Crippen LogP contribution in [-0.2, 0) is 24.4 Å². The van der Waals surface area contributed by atoms with Gasteiger partial charge in [0, 0.05) is 0 Å². The van der Waals surface area contributed by atoms with Crippen LogP contribution in [0.3, 0.4) is 0 Å². The maximum absolute atomic E-state index is 11.4. The molecule has 0 saturated carbocycles. The molecule has 0 spiro atoms. The van der Waals surface area contributed by atoms with Crippen LogP contribution in [-0.4, -0.2) is 33.1 Å². The Balaban J connectivity index is 3.09. The fourth-order valence-electron chi connectivity index (χ4n) is 1.01. The molecule has 0 unspecified atom stereocenters. The van der Waals surface area contributed by atoms with Gasteiger partial charge in [0.2, 0.25) is 0 Å². The average Bonchev–Trinajstić information content (AvgIpc) is 2.27. The summed E-state index contributed by atoms with van der Waals surface area (Å²) in [5.41, 5.74) is -0.290. The lowest BCUT2D eigenvalue weighted by Gasteiger charge is -2.04. The lowest BCUT2D eigenvalue weighted by molar-refractivity contribution is 0.0747. The molecule has 0 aromatic heterocycles. The number of hydrogen-bond donors (Lipinski definition) is 1. The van der Waals surface area contributed by atoms with Crippen LogP contribution in [0.4, 0.5) is 0 Å². The van der Waals surface area contributed by atoms with Gasteiger partial charge < -0.3 is 4.18 Å². The summed E-state index contributed by atoms with van der Waals surface area (Å²) < 4.78 is 56.8. The second-order valence-electron chi connectivity index (χ2n) is 3.22. The summed E-state index contributed by atoms with van der Waals surface area (Å²) in [6, 6.07) is 4.23. The Labute approximate surface area is 104 Å². The monoisotopic (exact) mass is 294 g/mol. The standard InChI is InChI=1S/C9H10O7S2/c1-2-17(11,12)16-9(10)7-4-3-5-8(6-7)18(13,14)15/h3-6H,2H2,1H3,(H,13,14,15). The molecule has 0 bridgehead atoms. The molecule has 0 radical (unpaired) electrons. The van der Waals surface area contributed by atoms with Gasteiger partial charge >= 0.3 is 16.1 Å². The third kappa shape index (κ3) is 3.79. The van der Waals surface area contributed by atoms with Crippen LogP contribution in [0.1, 0.15) is 17.3 Å². The summed E-state index contributed by atoms with van der Waals surface area (Å²) in [5, 5.41) is 0. The molecule has 0 aliphatic rings. The minimum absolute atomic E-state index is 0.290. The van der Waals surface area contributed by atoms with E-state index in [1.54, 1.807) is 0 Å². The van der Waals surface area contributed by atoms with Gasteiger partial charge in [-0.2, -0.15) is 16.8 Å². The zero-order chi connectivity index (χ0) is 14.0. The first kappa shape index (κ1) is 14.6. The van der Waals surface area contributed by atoms with Crippen molar-refractivity contribution in [1.29, 1.82) is 0 Å². The van der Waals surface area contributed by atoms with Crippen molar-refractivity contribution in [2.75, 3.05) is 5.75 Å². The van der Waals surface area contributed by atoms with Crippen LogP contribution in [0, 0.1) is 0 Å². The van der Waals surface area contributed by atoms with Gasteiger partial charge in [-0.25, -0.2) is 4.79 Å². The predicted octanol–water partition coefficient (Wildman–Crippen LogP) is 0.440. The molecular weight excluding hydrogens is 284 g/mol. The summed E-state index contributed by atoms with van der Waals surface area (Å²) in [5.74, 6) is -1.60. The Morgan fingerprint density at radius 3 is 2.39 bits per heavy atom. The predicted molar refractivity (Wildman–Crippen MR) is 61.1 cm³/mol. The third-order valence-electron chi connectivity index (χ3n) is 1.92. The van der Waals surface area contributed by atoms with Crippen LogP contribution >= 0.6 is 0 Å². The van der Waals surface area contributed by atoms with Crippen LogP contribution in [0.25, 0.3) is 0 Å². The first-order valence-corrected chi connectivity index (χ1v) is 7.71. The quantitative estimate of drug-likeness (QED) is 0.632. The normalized spacial score (nSPS) is 12.1. The van der Waals surface area contributed by atoms with E-state index in [9.17, 15) is 21.6 Å². The van der Waals surface area contributed by atoms with Crippen molar-refractivity contribution in [2.45, 2.75) is 11.8 Å². The van der Waals surface area contributed by atoms with Crippen molar-refractivity contribution in [3.05, 3.63) is 29.8 Å². The Morgan fingerprint density at radius 1 is 1.28 bits per heavy atom. The molecule has 100 valence electrons. The zero-order valence-corrected chi connectivity index (χ0v) is 10.9. The van der Waals surface area contributed by atoms with E-state index in [1.165, 1.54) is 19.1 Å². The van der Waals surface area contributed by atoms with Crippen molar-refractivity contribution in [2.24, 2.45) is 0 Å². The summed E-state index contributed by atoms with van der Waals surface area (Å²) >= 11 is 0. The molecule has 1 N–H and O–H groups in total. The lowest BCUT2D eigenvalue weighted by atomic mass is 10.2. The van der Waals surface area contributed by atoms with Gasteiger partial charge in [-0.1, -0.05) is 6.07 Å². The number of hydrogen-bond acceptors (Lipinski definition) is 6. The second-order valence-corrected chi connectivity index (χ2v) is 6.50. The number of carbonyl (C=O) groups is 1. The molecule has 0 amide bonds. The van der Waals surface area contributed by atoms with Gasteiger partial charge in [-0.15, -0.1) is 0 Å². The van der Waals surface area contributed by atoms with Crippen molar-refractivity contribution in [1.82, 2.24) is 0 Å². The van der Waals surface area contributed by atoms with Crippen molar-refractivity contribution in [3.63, 3.8) is 0 Å². The average molecular weight is 294 g/mol. The molecule has 7 nitrogen and oxygen atoms in total. The Hall–Kier alpha value is -1.45. The van der Waals surface area contributed by atoms with Gasteiger partial charge in [0.1, 0.15) is 0 Å². The highest BCUT2D eigenvalue weighted by Crippen LogP contribution is 2.13. The summed E-state index contributed by atoms with van der Waals surface area (Å²) in [6.07, 6.45) is 0. The fourth-order valence-corrected chi connectivity index (χ4v) is 1.98. The van der Waals surface area contributed by atoms with Crippen molar-refractivity contribution >= 4 is 26.2 Å². The van der Waals surface area contributed by atoms with Gasteiger partial charge in [-0.05, 0) is 25.1 Å². The summed E-state index contributed by atoms with van der Waals surface area (Å²) in [4.78, 5) is 10.9. The highest BCUT2D eigenvalue weighted by molar-refractivity contribution is 7.87. The van der Waals surface area contributed by atoms with Gasteiger partial charge in [0.15, 0.2) is 0 Å². The Morgan fingerprint density at radius 2 is 1.89 bits per heavy atom. The second kappa shape index (κ2) is 5.04. The molecule has 18 heavy (non-hydrogen) atoms. The molecular formula is C9H10O7S2. The van der Waals surface area contributed by atoms with E-state index >= 15 is 0 Å². The molecule has 9 heteroatoms. The fraction of sp³-hybridized carbons (Fsp3) is 0.222. The summed E-state index contributed by atoms with van der Waals surface area (Å²) in [6.45, 7) is 1.29. The van der Waals surface area contributed by atoms with Gasteiger partial charge in [0.05, 0.1) is 16.2 Å². The first-order chi connectivity index (χ1) is 8.15. The maximum Gasteiger partial charge on any atom is 0.353 e. The van der Waals surface area contributed by atoms with Gasteiger partial charge in [0.25, 0.3) is 10.1 Å². The first-order valence-electron chi connectivity index (χ1n) is 4.70. The van der Waals surface area contributed by atoms with E-state index in [4.69, 9.17) is 4.55 Å². The molecule has 0 aliphatic heterocycles. The highest BCUT2D eigenvalue weighted by atomic mass is 32.2. The van der Waals surface area contributed by atoms with Crippen LogP contribution in [0.2, 0.25) is 0 Å². The topological polar surface area (TPSA) is 115 Å². The molecule has 0 saturated heterocycles. The number of rotatable bonds is 4. The smallest absolute Gasteiger partial charge is 0.341 e. The number of benzene rings is 1. The minimum atomic E-state index is -4.47. The Kier molecular flexibility index (Phi) is 4.09. The molecule has 1 aromatic rings. The molecule has 1 rings (SSSR count). The molecule has 0 atom stereocenters. The molecule has 1 aromatic carbocycles. The van der Waals surface area contributed by atoms with Crippen LogP contribution in [0.15, 0.2) is 29.2 Å².